The van der Waals surface area contributed by atoms with Gasteiger partial charge < -0.3 is 14.2 Å². The first-order valence-electron chi connectivity index (χ1n) is 13.8. The predicted molar refractivity (Wildman–Crippen MR) is 144 cm³/mol. The van der Waals surface area contributed by atoms with Crippen LogP contribution >= 0.6 is 0 Å². The second kappa shape index (κ2) is 17.2. The zero-order valence-electron chi connectivity index (χ0n) is 22.4. The minimum Gasteiger partial charge on any atom is -0.490 e. The number of rotatable bonds is 18. The van der Waals surface area contributed by atoms with Gasteiger partial charge in [0.15, 0.2) is 0 Å². The van der Waals surface area contributed by atoms with Gasteiger partial charge in [0, 0.05) is 6.61 Å². The SMILES string of the molecule is CCCCCCCCC(CCC)Oc1ccc(OC(=O)c2ccc(C(C)OCCCC)cc2)cc1. The summed E-state index contributed by atoms with van der Waals surface area (Å²) in [7, 11) is 0. The third kappa shape index (κ3) is 11.3. The number of esters is 1. The molecule has 0 aliphatic heterocycles. The Balaban J connectivity index is 1.83. The fraction of sp³-hybridized carbons (Fsp3) is 0.581. The summed E-state index contributed by atoms with van der Waals surface area (Å²) in [5.74, 6) is 0.984. The lowest BCUT2D eigenvalue weighted by atomic mass is 10.0. The summed E-state index contributed by atoms with van der Waals surface area (Å²) in [6.45, 7) is 9.38. The van der Waals surface area contributed by atoms with Crippen molar-refractivity contribution < 1.29 is 19.0 Å². The fourth-order valence-electron chi connectivity index (χ4n) is 4.07. The lowest BCUT2D eigenvalue weighted by molar-refractivity contribution is 0.0635. The smallest absolute Gasteiger partial charge is 0.343 e. The van der Waals surface area contributed by atoms with Crippen molar-refractivity contribution in [3.05, 3.63) is 59.7 Å². The topological polar surface area (TPSA) is 44.8 Å². The molecule has 2 aromatic rings. The van der Waals surface area contributed by atoms with Crippen LogP contribution in [0.5, 0.6) is 11.5 Å². The first kappa shape index (κ1) is 28.9. The number of carbonyl (C=O) groups excluding carboxylic acids is 1. The van der Waals surface area contributed by atoms with Crippen molar-refractivity contribution in [3.8, 4) is 11.5 Å². The van der Waals surface area contributed by atoms with Gasteiger partial charge in [0.2, 0.25) is 0 Å². The van der Waals surface area contributed by atoms with E-state index < -0.39 is 0 Å². The van der Waals surface area contributed by atoms with Gasteiger partial charge in [0.05, 0.1) is 17.8 Å². The molecule has 2 aromatic carbocycles. The highest BCUT2D eigenvalue weighted by Gasteiger charge is 2.13. The van der Waals surface area contributed by atoms with E-state index in [4.69, 9.17) is 14.2 Å². The number of carbonyl (C=O) groups is 1. The number of unbranched alkanes of at least 4 members (excludes halogenated alkanes) is 6. The summed E-state index contributed by atoms with van der Waals surface area (Å²) in [4.78, 5) is 12.6. The van der Waals surface area contributed by atoms with Crippen LogP contribution in [0.1, 0.15) is 120 Å². The second-order valence-corrected chi connectivity index (χ2v) is 9.43. The first-order valence-corrected chi connectivity index (χ1v) is 13.8. The standard InChI is InChI=1S/C31H46O4/c1-5-8-10-11-12-13-15-28(14-7-3)34-29-20-22-30(23-21-29)35-31(32)27-18-16-26(17-19-27)25(4)33-24-9-6-2/h16-23,25,28H,5-15,24H2,1-4H3. The summed E-state index contributed by atoms with van der Waals surface area (Å²) in [6, 6.07) is 14.9. The van der Waals surface area contributed by atoms with Gasteiger partial charge in [-0.1, -0.05) is 77.8 Å². The lowest BCUT2D eigenvalue weighted by Gasteiger charge is -2.19. The van der Waals surface area contributed by atoms with E-state index in [1.54, 1.807) is 24.3 Å². The van der Waals surface area contributed by atoms with Crippen molar-refractivity contribution in [1.29, 1.82) is 0 Å². The molecule has 2 unspecified atom stereocenters. The highest BCUT2D eigenvalue weighted by atomic mass is 16.5. The molecule has 4 heteroatoms. The van der Waals surface area contributed by atoms with Crippen molar-refractivity contribution >= 4 is 5.97 Å². The van der Waals surface area contributed by atoms with E-state index in [1.807, 2.05) is 31.2 Å². The Morgan fingerprint density at radius 3 is 2.00 bits per heavy atom. The molecule has 0 amide bonds. The Labute approximate surface area is 213 Å². The van der Waals surface area contributed by atoms with Gasteiger partial charge in [-0.2, -0.15) is 0 Å². The van der Waals surface area contributed by atoms with E-state index in [-0.39, 0.29) is 18.2 Å². The quantitative estimate of drug-likeness (QED) is 0.121. The monoisotopic (exact) mass is 482 g/mol. The molecule has 0 radical (unpaired) electrons. The minimum absolute atomic E-state index is 0.0109. The molecule has 2 rings (SSSR count). The molecular formula is C31H46O4. The van der Waals surface area contributed by atoms with E-state index in [0.29, 0.717) is 11.3 Å². The molecule has 4 nitrogen and oxygen atoms in total. The summed E-state index contributed by atoms with van der Waals surface area (Å²) < 4.78 is 17.7. The maximum absolute atomic E-state index is 12.6. The zero-order valence-corrected chi connectivity index (χ0v) is 22.4. The first-order chi connectivity index (χ1) is 17.1. The van der Waals surface area contributed by atoms with Crippen LogP contribution < -0.4 is 9.47 Å². The molecule has 194 valence electrons. The Bertz CT molecular complexity index is 813. The number of hydrogen-bond donors (Lipinski definition) is 0. The van der Waals surface area contributed by atoms with Crippen LogP contribution in [-0.4, -0.2) is 18.7 Å². The van der Waals surface area contributed by atoms with Crippen molar-refractivity contribution in [2.24, 2.45) is 0 Å². The molecule has 0 saturated carbocycles. The Kier molecular flexibility index (Phi) is 14.2. The molecule has 0 spiro atoms. The number of ether oxygens (including phenoxy) is 3. The van der Waals surface area contributed by atoms with E-state index in [0.717, 1.165) is 50.0 Å². The molecule has 0 bridgehead atoms. The molecule has 0 saturated heterocycles. The van der Waals surface area contributed by atoms with Gasteiger partial charge in [-0.25, -0.2) is 4.79 Å². The van der Waals surface area contributed by atoms with Crippen LogP contribution in [0.2, 0.25) is 0 Å². The maximum Gasteiger partial charge on any atom is 0.343 e. The van der Waals surface area contributed by atoms with Crippen LogP contribution in [0, 0.1) is 0 Å². The van der Waals surface area contributed by atoms with Crippen LogP contribution in [0.25, 0.3) is 0 Å². The van der Waals surface area contributed by atoms with Crippen molar-refractivity contribution in [1.82, 2.24) is 0 Å². The Hall–Kier alpha value is -2.33. The zero-order chi connectivity index (χ0) is 25.3. The average Bonchev–Trinajstić information content (AvgIpc) is 2.87. The summed E-state index contributed by atoms with van der Waals surface area (Å²) in [5.41, 5.74) is 1.58. The van der Waals surface area contributed by atoms with Gasteiger partial charge in [-0.15, -0.1) is 0 Å². The largest absolute Gasteiger partial charge is 0.490 e. The Morgan fingerprint density at radius 1 is 0.714 bits per heavy atom. The number of hydrogen-bond acceptors (Lipinski definition) is 4. The van der Waals surface area contributed by atoms with Gasteiger partial charge >= 0.3 is 5.97 Å². The van der Waals surface area contributed by atoms with E-state index >= 15 is 0 Å². The third-order valence-corrected chi connectivity index (χ3v) is 6.31. The molecule has 0 N–H and O–H groups in total. The summed E-state index contributed by atoms with van der Waals surface area (Å²) >= 11 is 0. The molecular weight excluding hydrogens is 436 g/mol. The fourth-order valence-corrected chi connectivity index (χ4v) is 4.07. The minimum atomic E-state index is -0.364. The Morgan fingerprint density at radius 2 is 1.34 bits per heavy atom. The molecule has 2 atom stereocenters. The summed E-state index contributed by atoms with van der Waals surface area (Å²) in [6.07, 6.45) is 13.5. The number of benzene rings is 2. The van der Waals surface area contributed by atoms with Crippen LogP contribution in [0.3, 0.4) is 0 Å². The van der Waals surface area contributed by atoms with Crippen LogP contribution in [0.15, 0.2) is 48.5 Å². The van der Waals surface area contributed by atoms with Gasteiger partial charge in [-0.05, 0) is 74.6 Å². The highest BCUT2D eigenvalue weighted by molar-refractivity contribution is 5.91. The van der Waals surface area contributed by atoms with Crippen LogP contribution in [-0.2, 0) is 4.74 Å². The predicted octanol–water partition coefficient (Wildman–Crippen LogP) is 9.08. The van der Waals surface area contributed by atoms with E-state index in [2.05, 4.69) is 20.8 Å². The van der Waals surface area contributed by atoms with Gasteiger partial charge in [-0.3, -0.25) is 0 Å². The normalized spacial score (nSPS) is 12.8. The molecule has 0 aromatic heterocycles. The van der Waals surface area contributed by atoms with Gasteiger partial charge in [0.25, 0.3) is 0 Å². The molecule has 0 aliphatic rings. The lowest BCUT2D eigenvalue weighted by Crippen LogP contribution is -2.16. The van der Waals surface area contributed by atoms with Crippen molar-refractivity contribution in [2.45, 2.75) is 111 Å². The highest BCUT2D eigenvalue weighted by Crippen LogP contribution is 2.23. The maximum atomic E-state index is 12.6. The van der Waals surface area contributed by atoms with E-state index in [1.165, 1.54) is 38.5 Å². The molecule has 0 fully saturated rings. The van der Waals surface area contributed by atoms with Crippen molar-refractivity contribution in [3.63, 3.8) is 0 Å². The van der Waals surface area contributed by atoms with Crippen molar-refractivity contribution in [2.75, 3.05) is 6.61 Å². The van der Waals surface area contributed by atoms with Crippen LogP contribution in [0.4, 0.5) is 0 Å². The third-order valence-electron chi connectivity index (χ3n) is 6.31. The molecule has 35 heavy (non-hydrogen) atoms. The molecule has 0 heterocycles. The van der Waals surface area contributed by atoms with E-state index in [9.17, 15) is 4.79 Å². The second-order valence-electron chi connectivity index (χ2n) is 9.43. The average molecular weight is 483 g/mol. The van der Waals surface area contributed by atoms with Gasteiger partial charge in [0.1, 0.15) is 11.5 Å². The molecule has 0 aliphatic carbocycles. The summed E-state index contributed by atoms with van der Waals surface area (Å²) in [5, 5.41) is 0.